The van der Waals surface area contributed by atoms with Crippen molar-refractivity contribution < 1.29 is 92.7 Å². The molecule has 4 aromatic rings. The van der Waals surface area contributed by atoms with Crippen LogP contribution in [0.1, 0.15) is 75.1 Å². The van der Waals surface area contributed by atoms with Crippen molar-refractivity contribution in [1.29, 1.82) is 0 Å². The quantitative estimate of drug-likeness (QED) is 0.0159. The molecule has 100 heavy (non-hydrogen) atoms. The van der Waals surface area contributed by atoms with Gasteiger partial charge in [-0.15, -0.1) is 0 Å². The van der Waals surface area contributed by atoms with Crippen molar-refractivity contribution in [3.05, 3.63) is 131 Å². The number of phenols is 2. The Morgan fingerprint density at radius 3 is 1.19 bits per heavy atom. The molecule has 542 valence electrons. The molecule has 20 N–H and O–H groups in total. The summed E-state index contributed by atoms with van der Waals surface area (Å²) < 4.78 is 0. The first-order chi connectivity index (χ1) is 47.4. The first kappa shape index (κ1) is 82.1. The Morgan fingerprint density at radius 1 is 0.400 bits per heavy atom. The third kappa shape index (κ3) is 28.6. The van der Waals surface area contributed by atoms with Crippen molar-refractivity contribution in [1.82, 2.24) is 58.5 Å². The Hall–Kier alpha value is -10.3. The zero-order valence-electron chi connectivity index (χ0n) is 55.0. The topological polar surface area (TPSA) is 524 Å². The maximum atomic E-state index is 14.5. The number of benzene rings is 4. The Labute approximate surface area is 586 Å². The van der Waals surface area contributed by atoms with Crippen LogP contribution in [0.3, 0.4) is 0 Å². The number of aliphatic carboxylic acids is 3. The van der Waals surface area contributed by atoms with Gasteiger partial charge in [0.05, 0.1) is 25.4 Å². The predicted octanol–water partition coefficient (Wildman–Crippen LogP) is -2.64. The molecule has 0 aromatic heterocycles. The minimum atomic E-state index is -1.82. The van der Waals surface area contributed by atoms with Gasteiger partial charge in [0.25, 0.3) is 0 Å². The van der Waals surface area contributed by atoms with Gasteiger partial charge in [-0.05, 0) is 91.6 Å². The number of carboxylic acids is 3. The smallest absolute Gasteiger partial charge is 0.326 e. The summed E-state index contributed by atoms with van der Waals surface area (Å²) >= 11 is 8.40. The number of amides is 11. The van der Waals surface area contributed by atoms with Crippen LogP contribution in [0.25, 0.3) is 0 Å². The van der Waals surface area contributed by atoms with Gasteiger partial charge in [-0.25, -0.2) is 4.79 Å². The van der Waals surface area contributed by atoms with Crippen molar-refractivity contribution in [2.75, 3.05) is 24.6 Å². The van der Waals surface area contributed by atoms with Crippen molar-refractivity contribution in [3.63, 3.8) is 0 Å². The molecule has 11 atom stereocenters. The number of phenolic OH excluding ortho intramolecular Hbond substituents is 2. The molecule has 0 saturated carbocycles. The first-order valence-electron chi connectivity index (χ1n) is 31.7. The normalized spacial score (nSPS) is 14.3. The molecule has 0 fully saturated rings. The number of carbonyl (C=O) groups is 14. The number of hydrogen-bond acceptors (Lipinski definition) is 20. The molecule has 4 rings (SSSR count). The van der Waals surface area contributed by atoms with Gasteiger partial charge in [-0.2, -0.15) is 25.3 Å². The maximum absolute atomic E-state index is 14.5. The molecular weight excluding hydrogens is 1340 g/mol. The summed E-state index contributed by atoms with van der Waals surface area (Å²) in [6, 6.07) is 11.1. The SMILES string of the molecule is CC(C)[C@H](NC(=O)[C@H](CC(=O)O)NC(=O)[C@H](CCCCN)NC(=O)[C@H](Cc1ccc(O)cc1)NC(=O)[C@H](CS)NC(=O)[C@H](C)NC(=O)[C@H](Cc1ccc(O)cc1)NC(=O)[C@H](Cc1ccccc1)NC(=O)CNC(=O)[C@H](CC(=O)O)NC(=O)[C@H](CS)NC(=O)[C@@H](N)Cc1ccccc1)C(=O)O. The van der Waals surface area contributed by atoms with Crippen LogP contribution in [-0.2, 0) is 92.8 Å². The Balaban J connectivity index is 1.53. The maximum Gasteiger partial charge on any atom is 0.326 e. The number of hydrogen-bond donors (Lipinski definition) is 20. The van der Waals surface area contributed by atoms with Gasteiger partial charge in [-0.1, -0.05) is 98.8 Å². The highest BCUT2D eigenvalue weighted by Gasteiger charge is 2.36. The lowest BCUT2D eigenvalue weighted by Gasteiger charge is -2.27. The lowest BCUT2D eigenvalue weighted by Crippen LogP contribution is -2.61. The fraction of sp³-hybridized carbons (Fsp3) is 0.424. The molecule has 4 aromatic carbocycles. The van der Waals surface area contributed by atoms with Crippen LogP contribution >= 0.6 is 25.3 Å². The monoisotopic (exact) mass is 1430 g/mol. The Morgan fingerprint density at radius 2 is 0.760 bits per heavy atom. The van der Waals surface area contributed by atoms with Crippen LogP contribution < -0.4 is 70.0 Å². The Bertz CT molecular complexity index is 3470. The minimum absolute atomic E-state index is 0.110. The van der Waals surface area contributed by atoms with E-state index in [0.29, 0.717) is 23.1 Å². The van der Waals surface area contributed by atoms with E-state index in [1.165, 1.54) is 69.3 Å². The zero-order valence-corrected chi connectivity index (χ0v) is 56.8. The van der Waals surface area contributed by atoms with Gasteiger partial charge >= 0.3 is 17.9 Å². The lowest BCUT2D eigenvalue weighted by molar-refractivity contribution is -0.144. The number of aromatic hydroxyl groups is 2. The number of carboxylic acid groups (broad SMARTS) is 3. The summed E-state index contributed by atoms with van der Waals surface area (Å²) in [5.41, 5.74) is 13.8. The van der Waals surface area contributed by atoms with Crippen molar-refractivity contribution in [2.24, 2.45) is 17.4 Å². The zero-order chi connectivity index (χ0) is 74.2. The number of thiol groups is 2. The highest BCUT2D eigenvalue weighted by Crippen LogP contribution is 2.16. The Kier molecular flexibility index (Phi) is 34.3. The molecule has 0 spiro atoms. The second-order valence-corrected chi connectivity index (χ2v) is 24.4. The van der Waals surface area contributed by atoms with E-state index >= 15 is 0 Å². The molecule has 0 aliphatic rings. The number of rotatable bonds is 42. The van der Waals surface area contributed by atoms with Gasteiger partial charge in [0.1, 0.15) is 71.9 Å². The minimum Gasteiger partial charge on any atom is -0.508 e. The lowest BCUT2D eigenvalue weighted by atomic mass is 10.0. The highest BCUT2D eigenvalue weighted by atomic mass is 32.1. The predicted molar refractivity (Wildman–Crippen MR) is 367 cm³/mol. The summed E-state index contributed by atoms with van der Waals surface area (Å²) in [7, 11) is 0. The number of nitrogens with two attached hydrogens (primary N) is 2. The van der Waals surface area contributed by atoms with Crippen molar-refractivity contribution in [3.8, 4) is 11.5 Å². The van der Waals surface area contributed by atoms with Crippen LogP contribution in [0.4, 0.5) is 0 Å². The second-order valence-electron chi connectivity index (χ2n) is 23.6. The van der Waals surface area contributed by atoms with Gasteiger partial charge in [0.15, 0.2) is 0 Å². The van der Waals surface area contributed by atoms with E-state index in [2.05, 4.69) is 83.7 Å². The molecule has 0 unspecified atom stereocenters. The molecule has 0 aliphatic carbocycles. The van der Waals surface area contributed by atoms with Crippen LogP contribution in [0.15, 0.2) is 109 Å². The van der Waals surface area contributed by atoms with E-state index in [1.807, 2.05) is 0 Å². The van der Waals surface area contributed by atoms with E-state index in [4.69, 9.17) is 11.5 Å². The fourth-order valence-electron chi connectivity index (χ4n) is 9.71. The van der Waals surface area contributed by atoms with Crippen LogP contribution in [-0.4, -0.2) is 199 Å². The molecule has 0 bridgehead atoms. The van der Waals surface area contributed by atoms with Gasteiger partial charge in [-0.3, -0.25) is 62.3 Å². The molecule has 0 aliphatic heterocycles. The summed E-state index contributed by atoms with van der Waals surface area (Å²) in [5, 5.41) is 75.6. The fourth-order valence-corrected chi connectivity index (χ4v) is 10.2. The van der Waals surface area contributed by atoms with E-state index in [-0.39, 0.29) is 62.3 Å². The molecule has 0 radical (unpaired) electrons. The van der Waals surface area contributed by atoms with Gasteiger partial charge in [0, 0.05) is 30.8 Å². The average Bonchev–Trinajstić information content (AvgIpc) is 0.863. The second kappa shape index (κ2) is 41.8. The van der Waals surface area contributed by atoms with E-state index in [0.717, 1.165) is 5.56 Å². The summed E-state index contributed by atoms with van der Waals surface area (Å²) in [4.78, 5) is 188. The van der Waals surface area contributed by atoms with Crippen LogP contribution in [0, 0.1) is 5.92 Å². The summed E-state index contributed by atoms with van der Waals surface area (Å²) in [5.74, 6) is -17.2. The number of nitrogens with one attached hydrogen (secondary N) is 11. The molecular formula is C66H87N13O19S2. The third-order valence-corrected chi connectivity index (χ3v) is 16.0. The third-order valence-electron chi connectivity index (χ3n) is 15.2. The molecule has 34 heteroatoms. The van der Waals surface area contributed by atoms with Gasteiger partial charge < -0.3 is 95.5 Å². The van der Waals surface area contributed by atoms with Gasteiger partial charge in [0.2, 0.25) is 65.0 Å². The number of unbranched alkanes of at least 4 members (excludes halogenated alkanes) is 1. The molecule has 32 nitrogen and oxygen atoms in total. The summed E-state index contributed by atoms with van der Waals surface area (Å²) in [6.45, 7) is 3.48. The van der Waals surface area contributed by atoms with E-state index in [1.54, 1.807) is 60.7 Å². The van der Waals surface area contributed by atoms with E-state index < -0.39 is 180 Å². The summed E-state index contributed by atoms with van der Waals surface area (Å²) in [6.07, 6.45) is -2.27. The van der Waals surface area contributed by atoms with Crippen LogP contribution in [0.5, 0.6) is 11.5 Å². The van der Waals surface area contributed by atoms with Crippen molar-refractivity contribution >= 4 is 108 Å². The standard InChI is InChI=1S/C66H87N13O19S2/c1-35(2)55(66(97)98)79-63(94)49(31-54(85)86)76-59(90)44(16-10-11-25-67)72-62(93)47(29-40-19-23-42(81)24-20-40)74-64(95)50(33-99)77-56(87)36(3)70-60(91)46(28-39-17-21-41(80)22-18-39)73-61(92)45(27-38-14-8-5-9-15-38)71-52(82)32-69-58(89)48(30-53(83)84)75-65(96)51(34-100)78-57(88)43(68)26-37-12-6-4-7-13-37/h4-9,12-15,17-24,35-36,43-51,55,80-81,99-100H,10-11,16,25-34,67-68H2,1-3H3,(H,69,89)(H,70,91)(H,71,82)(H,72,93)(H,73,92)(H,74,95)(H,75,96)(H,76,90)(H,77,87)(H,78,88)(H,79,94)(H,83,84)(H,85,86)(H,97,98)/t36-,43-,44-,45-,46-,47-,48-,49-,50-,51-,55-/m0/s1. The highest BCUT2D eigenvalue weighted by molar-refractivity contribution is 7.80. The number of carbonyl (C=O) groups excluding carboxylic acids is 11. The first-order valence-corrected chi connectivity index (χ1v) is 33.0. The molecule has 11 amide bonds. The van der Waals surface area contributed by atoms with Crippen LogP contribution in [0.2, 0.25) is 0 Å². The molecule has 0 saturated heterocycles. The molecule has 0 heterocycles. The largest absolute Gasteiger partial charge is 0.508 e. The average molecular weight is 1430 g/mol. The van der Waals surface area contributed by atoms with E-state index in [9.17, 15) is 92.7 Å². The van der Waals surface area contributed by atoms with Crippen molar-refractivity contribution in [2.45, 2.75) is 145 Å².